The summed E-state index contributed by atoms with van der Waals surface area (Å²) in [6.45, 7) is 7.33. The number of nitrogens with zero attached hydrogens (tertiary/aromatic N) is 3. The molecule has 0 spiro atoms. The summed E-state index contributed by atoms with van der Waals surface area (Å²) in [5.74, 6) is 0.208. The molecule has 2 rings (SSSR count). The molecule has 1 fully saturated rings. The molecule has 0 aliphatic carbocycles. The van der Waals surface area contributed by atoms with E-state index in [4.69, 9.17) is 0 Å². The summed E-state index contributed by atoms with van der Waals surface area (Å²) < 4.78 is 0. The van der Waals surface area contributed by atoms with Crippen molar-refractivity contribution in [3.63, 3.8) is 0 Å². The van der Waals surface area contributed by atoms with Gasteiger partial charge in [-0.3, -0.25) is 9.59 Å². The molecule has 1 aromatic rings. The monoisotopic (exact) mass is 296 g/mol. The van der Waals surface area contributed by atoms with Gasteiger partial charge in [-0.25, -0.2) is 0 Å². The van der Waals surface area contributed by atoms with Crippen LogP contribution < -0.4 is 5.32 Å². The van der Waals surface area contributed by atoms with Crippen LogP contribution in [0.25, 0.3) is 0 Å². The molecule has 2 amide bonds. The Labute approximate surface area is 122 Å². The third kappa shape index (κ3) is 3.75. The van der Waals surface area contributed by atoms with Crippen molar-refractivity contribution in [1.29, 1.82) is 0 Å². The molecule has 0 aromatic carbocycles. The fraction of sp³-hybridized carbons (Fsp3) is 0.692. The average molecular weight is 296 g/mol. The first-order valence-corrected chi connectivity index (χ1v) is 7.66. The van der Waals surface area contributed by atoms with Gasteiger partial charge >= 0.3 is 0 Å². The van der Waals surface area contributed by atoms with E-state index >= 15 is 0 Å². The first-order chi connectivity index (χ1) is 9.45. The largest absolute Gasteiger partial charge is 0.342 e. The van der Waals surface area contributed by atoms with E-state index in [-0.39, 0.29) is 17.7 Å². The Morgan fingerprint density at radius 2 is 2.25 bits per heavy atom. The number of aryl methyl sites for hydroxylation is 1. The molecule has 0 saturated carbocycles. The Bertz CT molecular complexity index is 500. The normalized spacial score (nSPS) is 18.9. The summed E-state index contributed by atoms with van der Waals surface area (Å²) in [7, 11) is 0. The van der Waals surface area contributed by atoms with Gasteiger partial charge in [0, 0.05) is 19.5 Å². The highest BCUT2D eigenvalue weighted by Crippen LogP contribution is 2.22. The number of hydrogen-bond acceptors (Lipinski definition) is 5. The zero-order valence-electron chi connectivity index (χ0n) is 12.0. The molecule has 1 saturated heterocycles. The molecule has 1 N–H and O–H groups in total. The van der Waals surface area contributed by atoms with Crippen molar-refractivity contribution in [2.75, 3.05) is 18.4 Å². The van der Waals surface area contributed by atoms with Gasteiger partial charge in [0.05, 0.1) is 5.92 Å². The molecule has 7 heteroatoms. The van der Waals surface area contributed by atoms with Crippen LogP contribution in [0.2, 0.25) is 0 Å². The maximum atomic E-state index is 12.1. The van der Waals surface area contributed by atoms with E-state index in [0.717, 1.165) is 18.0 Å². The van der Waals surface area contributed by atoms with Crippen LogP contribution in [0.5, 0.6) is 0 Å². The highest BCUT2D eigenvalue weighted by Gasteiger charge is 2.34. The number of hydrogen-bond donors (Lipinski definition) is 1. The Balaban J connectivity index is 1.87. The SMILES string of the molecule is Cc1nnc(NC(=O)[C@H]2CC(=O)N(CCC(C)C)C2)s1. The van der Waals surface area contributed by atoms with Crippen molar-refractivity contribution in [1.82, 2.24) is 15.1 Å². The smallest absolute Gasteiger partial charge is 0.231 e. The van der Waals surface area contributed by atoms with Crippen LogP contribution in [0.4, 0.5) is 5.13 Å². The number of rotatable bonds is 5. The Hall–Kier alpha value is -1.50. The van der Waals surface area contributed by atoms with Gasteiger partial charge in [0.1, 0.15) is 5.01 Å². The van der Waals surface area contributed by atoms with E-state index < -0.39 is 0 Å². The number of aromatic nitrogens is 2. The lowest BCUT2D eigenvalue weighted by atomic mass is 10.1. The molecule has 110 valence electrons. The third-order valence-electron chi connectivity index (χ3n) is 3.32. The van der Waals surface area contributed by atoms with Crippen molar-refractivity contribution in [2.24, 2.45) is 11.8 Å². The number of likely N-dealkylation sites (tertiary alicyclic amines) is 1. The first kappa shape index (κ1) is 14.9. The van der Waals surface area contributed by atoms with Gasteiger partial charge in [-0.2, -0.15) is 0 Å². The predicted molar refractivity (Wildman–Crippen MR) is 77.4 cm³/mol. The molecule has 1 atom stereocenters. The summed E-state index contributed by atoms with van der Waals surface area (Å²) >= 11 is 1.34. The molecule has 1 aromatic heterocycles. The van der Waals surface area contributed by atoms with E-state index in [1.807, 2.05) is 6.92 Å². The van der Waals surface area contributed by atoms with Crippen LogP contribution in [-0.2, 0) is 9.59 Å². The van der Waals surface area contributed by atoms with Crippen LogP contribution >= 0.6 is 11.3 Å². The topological polar surface area (TPSA) is 75.2 Å². The van der Waals surface area contributed by atoms with Crippen molar-refractivity contribution in [2.45, 2.75) is 33.6 Å². The molecule has 1 aliphatic rings. The zero-order chi connectivity index (χ0) is 14.7. The Morgan fingerprint density at radius 3 is 2.85 bits per heavy atom. The van der Waals surface area contributed by atoms with Crippen molar-refractivity contribution in [3.8, 4) is 0 Å². The third-order valence-corrected chi connectivity index (χ3v) is 4.07. The number of nitrogens with one attached hydrogen (secondary N) is 1. The van der Waals surface area contributed by atoms with E-state index in [1.165, 1.54) is 11.3 Å². The fourth-order valence-corrected chi connectivity index (χ4v) is 2.73. The summed E-state index contributed by atoms with van der Waals surface area (Å²) in [5, 5.41) is 11.8. The molecular formula is C13H20N4O2S. The minimum Gasteiger partial charge on any atom is -0.342 e. The lowest BCUT2D eigenvalue weighted by Gasteiger charge is -2.17. The van der Waals surface area contributed by atoms with Gasteiger partial charge < -0.3 is 10.2 Å². The standard InChI is InChI=1S/C13H20N4O2S/c1-8(2)4-5-17-7-10(6-11(17)18)12(19)14-13-16-15-9(3)20-13/h8,10H,4-7H2,1-3H3,(H,14,16,19)/t10-/m0/s1. The zero-order valence-corrected chi connectivity index (χ0v) is 12.9. The Morgan fingerprint density at radius 1 is 1.50 bits per heavy atom. The van der Waals surface area contributed by atoms with Gasteiger partial charge in [0.2, 0.25) is 16.9 Å². The summed E-state index contributed by atoms with van der Waals surface area (Å²) in [4.78, 5) is 25.8. The van der Waals surface area contributed by atoms with Crippen molar-refractivity contribution in [3.05, 3.63) is 5.01 Å². The summed E-state index contributed by atoms with van der Waals surface area (Å²) in [6, 6.07) is 0. The van der Waals surface area contributed by atoms with Crippen LogP contribution in [0.3, 0.4) is 0 Å². The van der Waals surface area contributed by atoms with Crippen molar-refractivity contribution >= 4 is 28.3 Å². The van der Waals surface area contributed by atoms with Gasteiger partial charge in [0.15, 0.2) is 0 Å². The second-order valence-corrected chi connectivity index (χ2v) is 6.72. The lowest BCUT2D eigenvalue weighted by Crippen LogP contribution is -2.29. The molecule has 0 bridgehead atoms. The highest BCUT2D eigenvalue weighted by atomic mass is 32.1. The van der Waals surface area contributed by atoms with Crippen LogP contribution in [0, 0.1) is 18.8 Å². The summed E-state index contributed by atoms with van der Waals surface area (Å²) in [5.41, 5.74) is 0. The van der Waals surface area contributed by atoms with Gasteiger partial charge in [-0.05, 0) is 19.3 Å². The molecule has 0 radical (unpaired) electrons. The van der Waals surface area contributed by atoms with E-state index in [2.05, 4.69) is 29.4 Å². The van der Waals surface area contributed by atoms with Crippen LogP contribution in [0.15, 0.2) is 0 Å². The predicted octanol–water partition coefficient (Wildman–Crippen LogP) is 1.68. The van der Waals surface area contributed by atoms with Crippen molar-refractivity contribution < 1.29 is 9.59 Å². The molecule has 6 nitrogen and oxygen atoms in total. The quantitative estimate of drug-likeness (QED) is 0.897. The number of carbonyl (C=O) groups excluding carboxylic acids is 2. The second-order valence-electron chi connectivity index (χ2n) is 5.54. The van der Waals surface area contributed by atoms with E-state index in [0.29, 0.717) is 24.0 Å². The average Bonchev–Trinajstić information content (AvgIpc) is 2.93. The van der Waals surface area contributed by atoms with Gasteiger partial charge in [0.25, 0.3) is 0 Å². The van der Waals surface area contributed by atoms with E-state index in [1.54, 1.807) is 4.90 Å². The second kappa shape index (κ2) is 6.30. The number of carbonyl (C=O) groups is 2. The molecular weight excluding hydrogens is 276 g/mol. The molecule has 1 aliphatic heterocycles. The minimum atomic E-state index is -0.279. The van der Waals surface area contributed by atoms with E-state index in [9.17, 15) is 9.59 Å². The van der Waals surface area contributed by atoms with Gasteiger partial charge in [-0.1, -0.05) is 25.2 Å². The highest BCUT2D eigenvalue weighted by molar-refractivity contribution is 7.15. The number of anilines is 1. The molecule has 0 unspecified atom stereocenters. The van der Waals surface area contributed by atoms with Crippen LogP contribution in [0.1, 0.15) is 31.7 Å². The lowest BCUT2D eigenvalue weighted by molar-refractivity contribution is -0.128. The fourth-order valence-electron chi connectivity index (χ4n) is 2.13. The Kier molecular flexibility index (Phi) is 4.69. The molecule has 2 heterocycles. The maximum Gasteiger partial charge on any atom is 0.231 e. The maximum absolute atomic E-state index is 12.1. The molecule has 20 heavy (non-hydrogen) atoms. The number of amides is 2. The van der Waals surface area contributed by atoms with Crippen LogP contribution in [-0.4, -0.2) is 40.0 Å². The summed E-state index contributed by atoms with van der Waals surface area (Å²) in [6.07, 6.45) is 1.26. The van der Waals surface area contributed by atoms with Gasteiger partial charge in [-0.15, -0.1) is 10.2 Å². The minimum absolute atomic E-state index is 0.0687. The first-order valence-electron chi connectivity index (χ1n) is 6.84.